The second-order valence-corrected chi connectivity index (χ2v) is 7.96. The highest BCUT2D eigenvalue weighted by molar-refractivity contribution is 5.92. The minimum absolute atomic E-state index is 0.150. The number of benzene rings is 3. The number of methoxy groups -OCH3 is 2. The first-order chi connectivity index (χ1) is 17.5. The first-order valence-corrected chi connectivity index (χ1v) is 11.4. The van der Waals surface area contributed by atoms with Gasteiger partial charge in [0.2, 0.25) is 5.91 Å². The van der Waals surface area contributed by atoms with Crippen molar-refractivity contribution in [1.29, 1.82) is 0 Å². The van der Waals surface area contributed by atoms with E-state index in [9.17, 15) is 9.59 Å². The molecule has 0 fully saturated rings. The summed E-state index contributed by atoms with van der Waals surface area (Å²) in [4.78, 5) is 24.6. The molecule has 3 N–H and O–H groups in total. The van der Waals surface area contributed by atoms with Crippen molar-refractivity contribution in [2.45, 2.75) is 25.5 Å². The zero-order valence-corrected chi connectivity index (χ0v) is 20.3. The van der Waals surface area contributed by atoms with Crippen LogP contribution >= 0.6 is 0 Å². The zero-order chi connectivity index (χ0) is 25.8. The summed E-state index contributed by atoms with van der Waals surface area (Å²) < 4.78 is 16.3. The maximum atomic E-state index is 12.4. The van der Waals surface area contributed by atoms with E-state index in [-0.39, 0.29) is 6.42 Å². The lowest BCUT2D eigenvalue weighted by Crippen LogP contribution is -2.46. The number of rotatable bonds is 12. The predicted octanol–water partition coefficient (Wildman–Crippen LogP) is 3.61. The summed E-state index contributed by atoms with van der Waals surface area (Å²) in [6.07, 6.45) is 3.75. The van der Waals surface area contributed by atoms with Crippen molar-refractivity contribution < 1.29 is 29.0 Å². The molecule has 0 radical (unpaired) electrons. The third-order valence-corrected chi connectivity index (χ3v) is 5.43. The third-order valence-electron chi connectivity index (χ3n) is 5.43. The molecule has 2 amide bonds. The molecule has 188 valence electrons. The summed E-state index contributed by atoms with van der Waals surface area (Å²) in [7, 11) is 3.04. The van der Waals surface area contributed by atoms with Gasteiger partial charge in [-0.1, -0.05) is 54.6 Å². The average molecular weight is 491 g/mol. The quantitative estimate of drug-likeness (QED) is 0.203. The van der Waals surface area contributed by atoms with Crippen LogP contribution in [0, 0.1) is 0 Å². The van der Waals surface area contributed by atoms with E-state index in [4.69, 9.17) is 19.4 Å². The van der Waals surface area contributed by atoms with Crippen LogP contribution in [0.2, 0.25) is 0 Å². The van der Waals surface area contributed by atoms with E-state index in [0.29, 0.717) is 24.5 Å². The first-order valence-electron chi connectivity index (χ1n) is 11.4. The Hall–Kier alpha value is -4.30. The molecule has 3 aromatic carbocycles. The van der Waals surface area contributed by atoms with Crippen LogP contribution in [0.3, 0.4) is 0 Å². The fourth-order valence-electron chi connectivity index (χ4n) is 3.52. The maximum absolute atomic E-state index is 12.4. The van der Waals surface area contributed by atoms with Crippen LogP contribution in [0.15, 0.2) is 84.9 Å². The Labute approximate surface area is 210 Å². The first kappa shape index (κ1) is 26.3. The lowest BCUT2D eigenvalue weighted by Gasteiger charge is -2.17. The van der Waals surface area contributed by atoms with Gasteiger partial charge in [-0.25, -0.2) is 5.48 Å². The Morgan fingerprint density at radius 2 is 1.58 bits per heavy atom. The van der Waals surface area contributed by atoms with Crippen molar-refractivity contribution in [3.63, 3.8) is 0 Å². The molecule has 0 aliphatic carbocycles. The fraction of sp³-hybridized carbons (Fsp3) is 0.214. The molecule has 1 unspecified atom stereocenters. The van der Waals surface area contributed by atoms with Crippen molar-refractivity contribution in [1.82, 2.24) is 10.8 Å². The molecular formula is C28H30N2O6. The molecule has 3 rings (SSSR count). The van der Waals surface area contributed by atoms with E-state index >= 15 is 0 Å². The Balaban J connectivity index is 1.53. The zero-order valence-electron chi connectivity index (χ0n) is 20.3. The van der Waals surface area contributed by atoms with Gasteiger partial charge in [-0.3, -0.25) is 14.8 Å². The average Bonchev–Trinajstić information content (AvgIpc) is 2.92. The van der Waals surface area contributed by atoms with E-state index in [1.165, 1.54) is 20.3 Å². The largest absolute Gasteiger partial charge is 0.493 e. The van der Waals surface area contributed by atoms with E-state index in [1.807, 2.05) is 54.6 Å². The lowest BCUT2D eigenvalue weighted by atomic mass is 10.0. The molecule has 8 heteroatoms. The SMILES string of the molecule is COc1ccc(CC(NC(=O)/C=C/Cc2ccc(OCc3ccccc3)cc2)C(=O)NO)cc1OC. The number of nitrogens with one attached hydrogen (secondary N) is 2. The summed E-state index contributed by atoms with van der Waals surface area (Å²) in [5, 5.41) is 11.7. The minimum Gasteiger partial charge on any atom is -0.493 e. The molecule has 0 heterocycles. The maximum Gasteiger partial charge on any atom is 0.266 e. The Morgan fingerprint density at radius 1 is 0.889 bits per heavy atom. The van der Waals surface area contributed by atoms with Crippen LogP contribution < -0.4 is 25.0 Å². The lowest BCUT2D eigenvalue weighted by molar-refractivity contribution is -0.133. The molecule has 0 bridgehead atoms. The molecule has 0 aromatic heterocycles. The molecule has 0 saturated heterocycles. The molecule has 1 atom stereocenters. The van der Waals surface area contributed by atoms with Crippen LogP contribution in [0.5, 0.6) is 17.2 Å². The summed E-state index contributed by atoms with van der Waals surface area (Å²) in [5.74, 6) is 0.634. The molecule has 0 aliphatic rings. The molecule has 0 spiro atoms. The Bertz CT molecular complexity index is 1160. The van der Waals surface area contributed by atoms with Crippen LogP contribution in [0.1, 0.15) is 16.7 Å². The van der Waals surface area contributed by atoms with Gasteiger partial charge >= 0.3 is 0 Å². The molecule has 0 aliphatic heterocycles. The van der Waals surface area contributed by atoms with Crippen molar-refractivity contribution in [2.24, 2.45) is 0 Å². The number of hydroxylamine groups is 1. The number of amides is 2. The second kappa shape index (κ2) is 13.6. The Morgan fingerprint density at radius 3 is 2.25 bits per heavy atom. The third kappa shape index (κ3) is 7.89. The predicted molar refractivity (Wildman–Crippen MR) is 135 cm³/mol. The topological polar surface area (TPSA) is 106 Å². The highest BCUT2D eigenvalue weighted by atomic mass is 16.5. The van der Waals surface area contributed by atoms with Crippen molar-refractivity contribution in [3.8, 4) is 17.2 Å². The van der Waals surface area contributed by atoms with Gasteiger partial charge in [-0.05, 0) is 53.5 Å². The van der Waals surface area contributed by atoms with Gasteiger partial charge < -0.3 is 19.5 Å². The summed E-state index contributed by atoms with van der Waals surface area (Å²) >= 11 is 0. The van der Waals surface area contributed by atoms with Crippen molar-refractivity contribution in [2.75, 3.05) is 14.2 Å². The molecular weight excluding hydrogens is 460 g/mol. The normalized spacial score (nSPS) is 11.5. The molecule has 0 saturated carbocycles. The van der Waals surface area contributed by atoms with Crippen molar-refractivity contribution >= 4 is 11.8 Å². The fourth-order valence-corrected chi connectivity index (χ4v) is 3.52. The van der Waals surface area contributed by atoms with Gasteiger partial charge in [0.05, 0.1) is 14.2 Å². The van der Waals surface area contributed by atoms with Crippen LogP contribution in [-0.2, 0) is 29.0 Å². The standard InChI is InChI=1S/C28H30N2O6/c1-34-25-16-13-22(18-26(25)35-2)17-24(28(32)30-33)29-27(31)10-6-9-20-11-14-23(15-12-20)36-19-21-7-4-3-5-8-21/h3-8,10-16,18,24,33H,9,17,19H2,1-2H3,(H,29,31)(H,30,32)/b10-6+. The monoisotopic (exact) mass is 490 g/mol. The van der Waals surface area contributed by atoms with Gasteiger partial charge in [0.25, 0.3) is 5.91 Å². The van der Waals surface area contributed by atoms with E-state index in [2.05, 4.69) is 5.32 Å². The van der Waals surface area contributed by atoms with Gasteiger partial charge in [0.1, 0.15) is 18.4 Å². The second-order valence-electron chi connectivity index (χ2n) is 7.96. The van der Waals surface area contributed by atoms with Crippen LogP contribution in [-0.4, -0.2) is 37.3 Å². The van der Waals surface area contributed by atoms with Gasteiger partial charge in [-0.2, -0.15) is 0 Å². The number of hydrogen-bond donors (Lipinski definition) is 3. The summed E-state index contributed by atoms with van der Waals surface area (Å²) in [6.45, 7) is 0.492. The van der Waals surface area contributed by atoms with Gasteiger partial charge in [-0.15, -0.1) is 0 Å². The Kier molecular flexibility index (Phi) is 9.90. The number of allylic oxidation sites excluding steroid dienone is 1. The van der Waals surface area contributed by atoms with E-state index in [1.54, 1.807) is 29.8 Å². The highest BCUT2D eigenvalue weighted by Gasteiger charge is 2.21. The molecule has 8 nitrogen and oxygen atoms in total. The van der Waals surface area contributed by atoms with Gasteiger partial charge in [0.15, 0.2) is 11.5 Å². The smallest absolute Gasteiger partial charge is 0.266 e. The number of ether oxygens (including phenoxy) is 3. The van der Waals surface area contributed by atoms with Crippen LogP contribution in [0.4, 0.5) is 0 Å². The van der Waals surface area contributed by atoms with E-state index in [0.717, 1.165) is 22.4 Å². The highest BCUT2D eigenvalue weighted by Crippen LogP contribution is 2.28. The van der Waals surface area contributed by atoms with E-state index < -0.39 is 17.9 Å². The summed E-state index contributed by atoms with van der Waals surface area (Å²) in [5.41, 5.74) is 4.42. The minimum atomic E-state index is -0.980. The number of hydrogen-bond acceptors (Lipinski definition) is 6. The van der Waals surface area contributed by atoms with Crippen LogP contribution in [0.25, 0.3) is 0 Å². The number of carbonyl (C=O) groups excluding carboxylic acids is 2. The molecule has 3 aromatic rings. The van der Waals surface area contributed by atoms with Gasteiger partial charge in [0, 0.05) is 6.42 Å². The summed E-state index contributed by atoms with van der Waals surface area (Å²) in [6, 6.07) is 21.8. The van der Waals surface area contributed by atoms with Crippen molar-refractivity contribution in [3.05, 3.63) is 102 Å². The number of carbonyl (C=O) groups is 2. The molecule has 36 heavy (non-hydrogen) atoms.